The van der Waals surface area contributed by atoms with E-state index in [1.165, 1.54) is 77.0 Å². The molecule has 4 N–H and O–H groups in total. The summed E-state index contributed by atoms with van der Waals surface area (Å²) in [6.45, 7) is 11.6. The number of carbonyl (C=O) groups is 1. The lowest BCUT2D eigenvalue weighted by atomic mass is 10.1. The molecule has 0 radical (unpaired) electrons. The second-order valence-electron chi connectivity index (χ2n) is 8.45. The number of aliphatic imine (C=N–C) groups is 2. The van der Waals surface area contributed by atoms with E-state index < -0.39 is 11.6 Å². The summed E-state index contributed by atoms with van der Waals surface area (Å²) >= 11 is 0. The summed E-state index contributed by atoms with van der Waals surface area (Å²) in [5.41, 5.74) is -0.405. The average Bonchev–Trinajstić information content (AvgIpc) is 2.65. The van der Waals surface area contributed by atoms with Crippen molar-refractivity contribution in [3.63, 3.8) is 0 Å². The van der Waals surface area contributed by atoms with Crippen molar-refractivity contribution in [1.29, 1.82) is 0 Å². The molecule has 1 rings (SSSR count). The molecule has 0 spiro atoms. The smallest absolute Gasteiger partial charge is 0.300 e. The molecule has 176 valence electrons. The summed E-state index contributed by atoms with van der Waals surface area (Å²) in [6.07, 6.45) is 15.7. The van der Waals surface area contributed by atoms with Gasteiger partial charge in [-0.25, -0.2) is 9.98 Å². The first-order valence-electron chi connectivity index (χ1n) is 11.9. The molecule has 0 aliphatic carbocycles. The van der Waals surface area contributed by atoms with Crippen LogP contribution in [0.25, 0.3) is 0 Å². The number of rotatable bonds is 14. The molecule has 30 heavy (non-hydrogen) atoms. The van der Waals surface area contributed by atoms with E-state index >= 15 is 0 Å². The standard InChI is InChI=1S/C21H43N5.C2H4O2/c1-5-7-9-11-13-15-17-22-19-24-20(26-21(3,4)25-19)23-18-16-14-12-10-8-6-2;1-2(3)4/h5-18H2,1-4H3,(H3,22,23,24,25,26);1H3,(H,3,4). The zero-order valence-corrected chi connectivity index (χ0v) is 20.1. The molecule has 0 amide bonds. The SMILES string of the molecule is CC(=O)O.CCCCCCCCNC1=NC(C)(C)N=C(NCCCCCCCC)N1. The third-order valence-corrected chi connectivity index (χ3v) is 4.65. The van der Waals surface area contributed by atoms with Crippen molar-refractivity contribution in [2.24, 2.45) is 9.98 Å². The highest BCUT2D eigenvalue weighted by molar-refractivity contribution is 6.00. The second kappa shape index (κ2) is 18.0. The molecule has 0 fully saturated rings. The predicted molar refractivity (Wildman–Crippen MR) is 128 cm³/mol. The predicted octanol–water partition coefficient (Wildman–Crippen LogP) is 5.03. The van der Waals surface area contributed by atoms with Gasteiger partial charge in [-0.15, -0.1) is 0 Å². The summed E-state index contributed by atoms with van der Waals surface area (Å²) in [7, 11) is 0. The largest absolute Gasteiger partial charge is 0.481 e. The molecule has 7 heteroatoms. The number of aliphatic carboxylic acids is 1. The van der Waals surface area contributed by atoms with Gasteiger partial charge in [-0.2, -0.15) is 0 Å². The summed E-state index contributed by atoms with van der Waals surface area (Å²) in [5, 5.41) is 17.6. The number of carboxylic acid groups (broad SMARTS) is 1. The van der Waals surface area contributed by atoms with Crippen LogP contribution in [0.4, 0.5) is 0 Å². The van der Waals surface area contributed by atoms with Gasteiger partial charge in [-0.05, 0) is 26.7 Å². The molecule has 0 atom stereocenters. The molecule has 0 aromatic heterocycles. The minimum atomic E-state index is -0.833. The highest BCUT2D eigenvalue weighted by Gasteiger charge is 2.22. The summed E-state index contributed by atoms with van der Waals surface area (Å²) in [6, 6.07) is 0. The average molecular weight is 426 g/mol. The number of hydrogen-bond donors (Lipinski definition) is 4. The Kier molecular flexibility index (Phi) is 16.9. The van der Waals surface area contributed by atoms with Gasteiger partial charge in [-0.1, -0.05) is 78.1 Å². The van der Waals surface area contributed by atoms with Gasteiger partial charge in [0.1, 0.15) is 0 Å². The molecule has 0 aromatic rings. The van der Waals surface area contributed by atoms with Crippen molar-refractivity contribution in [3.05, 3.63) is 0 Å². The van der Waals surface area contributed by atoms with Crippen molar-refractivity contribution in [2.45, 2.75) is 117 Å². The molecule has 0 saturated carbocycles. The molecule has 7 nitrogen and oxygen atoms in total. The van der Waals surface area contributed by atoms with Gasteiger partial charge < -0.3 is 15.7 Å². The quantitative estimate of drug-likeness (QED) is 0.293. The Balaban J connectivity index is 0.00000192. The summed E-state index contributed by atoms with van der Waals surface area (Å²) in [4.78, 5) is 18.3. The first-order valence-corrected chi connectivity index (χ1v) is 11.9. The normalized spacial score (nSPS) is 14.6. The Hall–Kier alpha value is -1.79. The van der Waals surface area contributed by atoms with Crippen LogP contribution in [-0.4, -0.2) is 41.7 Å². The highest BCUT2D eigenvalue weighted by atomic mass is 16.4. The number of nitrogens with one attached hydrogen (secondary N) is 3. The van der Waals surface area contributed by atoms with Crippen molar-refractivity contribution < 1.29 is 9.90 Å². The van der Waals surface area contributed by atoms with Crippen LogP contribution < -0.4 is 16.0 Å². The fourth-order valence-corrected chi connectivity index (χ4v) is 3.13. The Bertz CT molecular complexity index is 464. The molecular formula is C23H47N5O2. The number of nitrogens with zero attached hydrogens (tertiary/aromatic N) is 2. The van der Waals surface area contributed by atoms with Gasteiger partial charge in [-0.3, -0.25) is 10.1 Å². The molecule has 0 aromatic carbocycles. The molecule has 0 saturated heterocycles. The van der Waals surface area contributed by atoms with E-state index in [1.807, 2.05) is 13.8 Å². The minimum Gasteiger partial charge on any atom is -0.481 e. The lowest BCUT2D eigenvalue weighted by molar-refractivity contribution is -0.134. The highest BCUT2D eigenvalue weighted by Crippen LogP contribution is 2.13. The third kappa shape index (κ3) is 18.3. The van der Waals surface area contributed by atoms with Crippen LogP contribution in [-0.2, 0) is 4.79 Å². The summed E-state index contributed by atoms with van der Waals surface area (Å²) < 4.78 is 0. The zero-order valence-electron chi connectivity index (χ0n) is 20.1. The van der Waals surface area contributed by atoms with E-state index in [4.69, 9.17) is 9.90 Å². The van der Waals surface area contributed by atoms with Gasteiger partial charge in [0.15, 0.2) is 5.66 Å². The van der Waals surface area contributed by atoms with Crippen molar-refractivity contribution in [1.82, 2.24) is 16.0 Å². The van der Waals surface area contributed by atoms with Crippen LogP contribution in [0.2, 0.25) is 0 Å². The van der Waals surface area contributed by atoms with E-state index in [2.05, 4.69) is 39.8 Å². The molecule has 1 aliphatic heterocycles. The van der Waals surface area contributed by atoms with Crippen LogP contribution in [0.5, 0.6) is 0 Å². The Morgan fingerprint density at radius 2 is 1.13 bits per heavy atom. The Morgan fingerprint density at radius 3 is 1.50 bits per heavy atom. The fraction of sp³-hybridized carbons (Fsp3) is 0.870. The van der Waals surface area contributed by atoms with Crippen LogP contribution in [0.3, 0.4) is 0 Å². The molecule has 1 heterocycles. The summed E-state index contributed by atoms with van der Waals surface area (Å²) in [5.74, 6) is 0.869. The third-order valence-electron chi connectivity index (χ3n) is 4.65. The number of unbranched alkanes of at least 4 members (excludes halogenated alkanes) is 10. The molecule has 1 aliphatic rings. The van der Waals surface area contributed by atoms with Crippen LogP contribution in [0.1, 0.15) is 112 Å². The first kappa shape index (κ1) is 28.2. The van der Waals surface area contributed by atoms with Gasteiger partial charge in [0.05, 0.1) is 0 Å². The second-order valence-corrected chi connectivity index (χ2v) is 8.45. The fourth-order valence-electron chi connectivity index (χ4n) is 3.13. The lowest BCUT2D eigenvalue weighted by Gasteiger charge is -2.26. The number of carboxylic acids is 1. The van der Waals surface area contributed by atoms with Gasteiger partial charge in [0.25, 0.3) is 5.97 Å². The zero-order chi connectivity index (χ0) is 22.7. The van der Waals surface area contributed by atoms with Crippen LogP contribution in [0.15, 0.2) is 9.98 Å². The number of guanidine groups is 2. The Morgan fingerprint density at radius 1 is 0.800 bits per heavy atom. The minimum absolute atomic E-state index is 0.405. The van der Waals surface area contributed by atoms with Gasteiger partial charge >= 0.3 is 0 Å². The first-order chi connectivity index (χ1) is 14.3. The number of hydrogen-bond acceptors (Lipinski definition) is 6. The maximum Gasteiger partial charge on any atom is 0.300 e. The Labute approximate surface area is 184 Å². The van der Waals surface area contributed by atoms with Crippen molar-refractivity contribution in [3.8, 4) is 0 Å². The maximum atomic E-state index is 9.00. The van der Waals surface area contributed by atoms with E-state index in [0.717, 1.165) is 31.9 Å². The van der Waals surface area contributed by atoms with Gasteiger partial charge in [0, 0.05) is 20.0 Å². The molecular weight excluding hydrogens is 378 g/mol. The van der Waals surface area contributed by atoms with Gasteiger partial charge in [0.2, 0.25) is 11.9 Å². The topological polar surface area (TPSA) is 98.1 Å². The van der Waals surface area contributed by atoms with Crippen molar-refractivity contribution >= 4 is 17.9 Å². The monoisotopic (exact) mass is 425 g/mol. The van der Waals surface area contributed by atoms with E-state index in [-0.39, 0.29) is 0 Å². The van der Waals surface area contributed by atoms with E-state index in [1.54, 1.807) is 0 Å². The van der Waals surface area contributed by atoms with Crippen molar-refractivity contribution in [2.75, 3.05) is 13.1 Å². The lowest BCUT2D eigenvalue weighted by Crippen LogP contribution is -2.52. The van der Waals surface area contributed by atoms with E-state index in [0.29, 0.717) is 0 Å². The molecule has 0 bridgehead atoms. The molecule has 0 unspecified atom stereocenters. The van der Waals surface area contributed by atoms with Crippen LogP contribution in [0, 0.1) is 0 Å². The van der Waals surface area contributed by atoms with E-state index in [9.17, 15) is 0 Å². The maximum absolute atomic E-state index is 9.00. The van der Waals surface area contributed by atoms with Crippen LogP contribution >= 0.6 is 0 Å².